The number of carbonyl (C=O) groups is 2. The SMILES string of the molecule is CC(C)OC(=O)CCC(C#N)(CCC(=O)O)c1ccc(F)c(F)c1. The standard InChI is InChI=1S/C17H19F2NO4/c1-11(2)24-16(23)6-8-17(10-20,7-5-15(21)22)12-3-4-13(18)14(19)9-12/h3-4,9,11H,5-8H2,1-2H3,(H,21,22). The zero-order valence-corrected chi connectivity index (χ0v) is 13.5. The van der Waals surface area contributed by atoms with E-state index >= 15 is 0 Å². The molecule has 1 unspecified atom stereocenters. The number of hydrogen-bond donors (Lipinski definition) is 1. The van der Waals surface area contributed by atoms with E-state index in [1.165, 1.54) is 6.07 Å². The molecule has 0 aliphatic rings. The van der Waals surface area contributed by atoms with E-state index in [2.05, 4.69) is 0 Å². The molecule has 130 valence electrons. The van der Waals surface area contributed by atoms with Crippen LogP contribution in [0.15, 0.2) is 18.2 Å². The van der Waals surface area contributed by atoms with Crippen LogP contribution in [0.1, 0.15) is 45.1 Å². The number of ether oxygens (including phenoxy) is 1. The van der Waals surface area contributed by atoms with Gasteiger partial charge in [0.05, 0.1) is 17.6 Å². The molecule has 0 bridgehead atoms. The first-order valence-electron chi connectivity index (χ1n) is 7.48. The molecule has 0 fully saturated rings. The van der Waals surface area contributed by atoms with E-state index in [1.54, 1.807) is 13.8 Å². The molecule has 0 saturated heterocycles. The van der Waals surface area contributed by atoms with Crippen molar-refractivity contribution in [3.05, 3.63) is 35.4 Å². The number of benzene rings is 1. The molecule has 0 aliphatic carbocycles. The molecule has 0 radical (unpaired) electrons. The van der Waals surface area contributed by atoms with Crippen molar-refractivity contribution >= 4 is 11.9 Å². The van der Waals surface area contributed by atoms with Crippen molar-refractivity contribution in [2.45, 2.75) is 51.0 Å². The molecule has 0 aromatic heterocycles. The van der Waals surface area contributed by atoms with Crippen LogP contribution in [-0.2, 0) is 19.7 Å². The van der Waals surface area contributed by atoms with Gasteiger partial charge in [-0.3, -0.25) is 9.59 Å². The Morgan fingerprint density at radius 3 is 2.38 bits per heavy atom. The third-order valence-electron chi connectivity index (χ3n) is 3.57. The largest absolute Gasteiger partial charge is 0.481 e. The van der Waals surface area contributed by atoms with Crippen LogP contribution in [0.4, 0.5) is 8.78 Å². The van der Waals surface area contributed by atoms with Gasteiger partial charge in [0.15, 0.2) is 11.6 Å². The lowest BCUT2D eigenvalue weighted by Gasteiger charge is -2.26. The normalized spacial score (nSPS) is 13.2. The smallest absolute Gasteiger partial charge is 0.306 e. The third-order valence-corrected chi connectivity index (χ3v) is 3.57. The van der Waals surface area contributed by atoms with Crippen molar-refractivity contribution in [1.29, 1.82) is 5.26 Å². The molecular weight excluding hydrogens is 320 g/mol. The highest BCUT2D eigenvalue weighted by molar-refractivity contribution is 5.70. The first kappa shape index (κ1) is 19.6. The number of rotatable bonds is 8. The number of halogens is 2. The highest BCUT2D eigenvalue weighted by atomic mass is 19.2. The van der Waals surface area contributed by atoms with Crippen LogP contribution in [0.3, 0.4) is 0 Å². The highest BCUT2D eigenvalue weighted by Gasteiger charge is 2.34. The van der Waals surface area contributed by atoms with Gasteiger partial charge in [0.1, 0.15) is 0 Å². The molecule has 1 rings (SSSR count). The Morgan fingerprint density at radius 2 is 1.88 bits per heavy atom. The predicted molar refractivity (Wildman–Crippen MR) is 81.0 cm³/mol. The van der Waals surface area contributed by atoms with E-state index in [0.717, 1.165) is 12.1 Å². The van der Waals surface area contributed by atoms with E-state index in [-0.39, 0.29) is 37.4 Å². The summed E-state index contributed by atoms with van der Waals surface area (Å²) in [5, 5.41) is 18.5. The fourth-order valence-electron chi connectivity index (χ4n) is 2.34. The van der Waals surface area contributed by atoms with Gasteiger partial charge in [0, 0.05) is 12.8 Å². The first-order valence-corrected chi connectivity index (χ1v) is 7.48. The molecule has 0 amide bonds. The number of nitriles is 1. The summed E-state index contributed by atoms with van der Waals surface area (Å²) >= 11 is 0. The second kappa shape index (κ2) is 8.39. The van der Waals surface area contributed by atoms with Gasteiger partial charge < -0.3 is 9.84 Å². The molecule has 1 aromatic carbocycles. The topological polar surface area (TPSA) is 87.4 Å². The van der Waals surface area contributed by atoms with Crippen LogP contribution < -0.4 is 0 Å². The van der Waals surface area contributed by atoms with Crippen molar-refractivity contribution < 1.29 is 28.2 Å². The molecule has 0 saturated carbocycles. The van der Waals surface area contributed by atoms with Crippen molar-refractivity contribution in [2.75, 3.05) is 0 Å². The maximum absolute atomic E-state index is 13.5. The summed E-state index contributed by atoms with van der Waals surface area (Å²) < 4.78 is 31.7. The maximum Gasteiger partial charge on any atom is 0.306 e. The lowest BCUT2D eigenvalue weighted by molar-refractivity contribution is -0.147. The molecule has 1 N–H and O–H groups in total. The average Bonchev–Trinajstić information content (AvgIpc) is 2.50. The van der Waals surface area contributed by atoms with Gasteiger partial charge in [-0.25, -0.2) is 8.78 Å². The van der Waals surface area contributed by atoms with E-state index in [0.29, 0.717) is 0 Å². The lowest BCUT2D eigenvalue weighted by atomic mass is 9.74. The predicted octanol–water partition coefficient (Wildman–Crippen LogP) is 3.32. The number of nitrogens with zero attached hydrogens (tertiary/aromatic N) is 1. The molecule has 0 heterocycles. The van der Waals surface area contributed by atoms with Crippen molar-refractivity contribution in [2.24, 2.45) is 0 Å². The van der Waals surface area contributed by atoms with Gasteiger partial charge in [-0.15, -0.1) is 0 Å². The Balaban J connectivity index is 3.09. The quantitative estimate of drug-likeness (QED) is 0.734. The minimum atomic E-state index is -1.41. The molecule has 0 spiro atoms. The summed E-state index contributed by atoms with van der Waals surface area (Å²) in [6.45, 7) is 3.35. The number of hydrogen-bond acceptors (Lipinski definition) is 4. The molecule has 24 heavy (non-hydrogen) atoms. The monoisotopic (exact) mass is 339 g/mol. The summed E-state index contributed by atoms with van der Waals surface area (Å²) in [7, 11) is 0. The Morgan fingerprint density at radius 1 is 1.25 bits per heavy atom. The van der Waals surface area contributed by atoms with E-state index in [1.807, 2.05) is 6.07 Å². The second-order valence-corrected chi connectivity index (χ2v) is 5.76. The van der Waals surface area contributed by atoms with Gasteiger partial charge >= 0.3 is 11.9 Å². The lowest BCUT2D eigenvalue weighted by Crippen LogP contribution is -2.27. The molecule has 0 aliphatic heterocycles. The van der Waals surface area contributed by atoms with Gasteiger partial charge in [-0.1, -0.05) is 6.07 Å². The maximum atomic E-state index is 13.5. The highest BCUT2D eigenvalue weighted by Crippen LogP contribution is 2.35. The van der Waals surface area contributed by atoms with Crippen LogP contribution in [0, 0.1) is 23.0 Å². The van der Waals surface area contributed by atoms with Gasteiger partial charge in [-0.2, -0.15) is 5.26 Å². The summed E-state index contributed by atoms with van der Waals surface area (Å²) in [6.07, 6.45) is -0.973. The van der Waals surface area contributed by atoms with E-state index in [9.17, 15) is 23.6 Å². The Bertz CT molecular complexity index is 654. The van der Waals surface area contributed by atoms with Crippen LogP contribution in [0.25, 0.3) is 0 Å². The zero-order chi connectivity index (χ0) is 18.3. The van der Waals surface area contributed by atoms with Crippen molar-refractivity contribution in [1.82, 2.24) is 0 Å². The van der Waals surface area contributed by atoms with E-state index in [4.69, 9.17) is 9.84 Å². The number of aliphatic carboxylic acids is 1. The zero-order valence-electron chi connectivity index (χ0n) is 13.5. The third kappa shape index (κ3) is 5.30. The fraction of sp³-hybridized carbons (Fsp3) is 0.471. The van der Waals surface area contributed by atoms with Crippen molar-refractivity contribution in [3.63, 3.8) is 0 Å². The summed E-state index contributed by atoms with van der Waals surface area (Å²) in [4.78, 5) is 22.6. The number of carboxylic acid groups (broad SMARTS) is 1. The Kier molecular flexibility index (Phi) is 6.83. The second-order valence-electron chi connectivity index (χ2n) is 5.76. The molecule has 5 nitrogen and oxygen atoms in total. The first-order chi connectivity index (χ1) is 11.2. The number of esters is 1. The summed E-state index contributed by atoms with van der Waals surface area (Å²) in [5.41, 5.74) is -1.27. The fourth-order valence-corrected chi connectivity index (χ4v) is 2.34. The summed E-state index contributed by atoms with van der Waals surface area (Å²) in [6, 6.07) is 4.96. The van der Waals surface area contributed by atoms with Crippen LogP contribution in [0.5, 0.6) is 0 Å². The summed E-state index contributed by atoms with van der Waals surface area (Å²) in [5.74, 6) is -3.86. The van der Waals surface area contributed by atoms with E-state index < -0.39 is 29.0 Å². The van der Waals surface area contributed by atoms with Gasteiger partial charge in [0.2, 0.25) is 0 Å². The van der Waals surface area contributed by atoms with Gasteiger partial charge in [-0.05, 0) is 44.4 Å². The Labute approximate surface area is 138 Å². The molecule has 1 atom stereocenters. The molecule has 1 aromatic rings. The van der Waals surface area contributed by atoms with Crippen molar-refractivity contribution in [3.8, 4) is 6.07 Å². The van der Waals surface area contributed by atoms with Crippen LogP contribution >= 0.6 is 0 Å². The van der Waals surface area contributed by atoms with Crippen LogP contribution in [-0.4, -0.2) is 23.1 Å². The molecular formula is C17H19F2NO4. The molecule has 7 heteroatoms. The number of carboxylic acids is 1. The van der Waals surface area contributed by atoms with Crippen LogP contribution in [0.2, 0.25) is 0 Å². The number of carbonyl (C=O) groups excluding carboxylic acids is 1. The minimum absolute atomic E-state index is 0.0482. The Hall–Kier alpha value is -2.49. The average molecular weight is 339 g/mol. The van der Waals surface area contributed by atoms with Gasteiger partial charge in [0.25, 0.3) is 0 Å². The minimum Gasteiger partial charge on any atom is -0.481 e.